The van der Waals surface area contributed by atoms with Crippen LogP contribution in [0.3, 0.4) is 0 Å². The van der Waals surface area contributed by atoms with Crippen LogP contribution in [0.25, 0.3) is 55.8 Å². The molecule has 6 aromatic rings. The first-order valence-electron chi connectivity index (χ1n) is 13.2. The highest BCUT2D eigenvalue weighted by molar-refractivity contribution is 6.00. The van der Waals surface area contributed by atoms with Gasteiger partial charge in [-0.2, -0.15) is 5.10 Å². The fraction of sp³-hybridized carbons (Fsp3) is 0.233. The zero-order chi connectivity index (χ0) is 25.3. The van der Waals surface area contributed by atoms with Crippen molar-refractivity contribution in [2.75, 3.05) is 6.54 Å². The monoisotopic (exact) mass is 500 g/mol. The van der Waals surface area contributed by atoms with Crippen LogP contribution in [0.2, 0.25) is 0 Å². The molecule has 8 heteroatoms. The predicted molar refractivity (Wildman–Crippen MR) is 149 cm³/mol. The first-order chi connectivity index (χ1) is 18.8. The second kappa shape index (κ2) is 9.79. The lowest BCUT2D eigenvalue weighted by molar-refractivity contribution is 0.489. The van der Waals surface area contributed by atoms with Crippen LogP contribution in [0, 0.1) is 5.92 Å². The Hall–Kier alpha value is -4.43. The minimum absolute atomic E-state index is 0.815. The quantitative estimate of drug-likeness (QED) is 0.252. The molecule has 0 aliphatic heterocycles. The van der Waals surface area contributed by atoms with E-state index in [1.165, 1.54) is 31.2 Å². The summed E-state index contributed by atoms with van der Waals surface area (Å²) in [6.07, 6.45) is 14.7. The molecule has 6 heterocycles. The van der Waals surface area contributed by atoms with E-state index in [1.54, 1.807) is 12.4 Å². The van der Waals surface area contributed by atoms with Gasteiger partial charge in [-0.15, -0.1) is 0 Å². The van der Waals surface area contributed by atoms with E-state index in [-0.39, 0.29) is 0 Å². The molecule has 8 nitrogen and oxygen atoms in total. The topological polar surface area (TPSA) is 108 Å². The van der Waals surface area contributed by atoms with E-state index in [4.69, 9.17) is 4.98 Å². The van der Waals surface area contributed by atoms with Crippen molar-refractivity contribution in [1.82, 2.24) is 40.4 Å². The van der Waals surface area contributed by atoms with Gasteiger partial charge in [0.2, 0.25) is 0 Å². The zero-order valence-corrected chi connectivity index (χ0v) is 21.0. The van der Waals surface area contributed by atoms with Gasteiger partial charge in [0.05, 0.1) is 34.5 Å². The third-order valence-electron chi connectivity index (χ3n) is 7.49. The second-order valence-electron chi connectivity index (χ2n) is 10.1. The normalized spacial score (nSPS) is 14.1. The molecule has 38 heavy (non-hydrogen) atoms. The van der Waals surface area contributed by atoms with Crippen molar-refractivity contribution in [2.24, 2.45) is 5.92 Å². The molecular weight excluding hydrogens is 472 g/mol. The highest BCUT2D eigenvalue weighted by Crippen LogP contribution is 2.33. The van der Waals surface area contributed by atoms with E-state index < -0.39 is 0 Å². The van der Waals surface area contributed by atoms with Crippen molar-refractivity contribution < 1.29 is 0 Å². The van der Waals surface area contributed by atoms with Crippen LogP contribution < -0.4 is 5.32 Å². The number of nitrogens with zero attached hydrogens (tertiary/aromatic N) is 5. The fourth-order valence-electron chi connectivity index (χ4n) is 5.53. The Morgan fingerprint density at radius 3 is 2.63 bits per heavy atom. The van der Waals surface area contributed by atoms with Crippen LogP contribution in [-0.2, 0) is 6.54 Å². The van der Waals surface area contributed by atoms with Crippen molar-refractivity contribution in [3.63, 3.8) is 0 Å². The van der Waals surface area contributed by atoms with Gasteiger partial charge in [-0.1, -0.05) is 18.9 Å². The van der Waals surface area contributed by atoms with E-state index in [1.807, 2.05) is 42.9 Å². The number of aromatic nitrogens is 7. The maximum Gasteiger partial charge on any atom is 0.116 e. The molecule has 0 aromatic carbocycles. The van der Waals surface area contributed by atoms with Crippen molar-refractivity contribution in [3.05, 3.63) is 79.0 Å². The number of fused-ring (bicyclic) bond motifs is 2. The number of nitrogens with one attached hydrogen (secondary N) is 3. The van der Waals surface area contributed by atoms with Gasteiger partial charge in [-0.05, 0) is 67.3 Å². The van der Waals surface area contributed by atoms with Crippen LogP contribution in [0.4, 0.5) is 0 Å². The van der Waals surface area contributed by atoms with Gasteiger partial charge in [-0.3, -0.25) is 25.0 Å². The SMILES string of the molecule is c1ccc(-c2nccc3[nH]c(-c4n[nH]c5cnc(-c6cncc(CNCC7CCCC7)c6)cc45)cc23)nc1. The summed E-state index contributed by atoms with van der Waals surface area (Å²) < 4.78 is 0. The minimum Gasteiger partial charge on any atom is -0.353 e. The molecule has 1 aliphatic rings. The zero-order valence-electron chi connectivity index (χ0n) is 21.0. The molecule has 0 unspecified atom stereocenters. The largest absolute Gasteiger partial charge is 0.353 e. The number of H-pyrrole nitrogens is 2. The lowest BCUT2D eigenvalue weighted by atomic mass is 10.1. The van der Waals surface area contributed by atoms with E-state index in [0.29, 0.717) is 0 Å². The summed E-state index contributed by atoms with van der Waals surface area (Å²) in [4.78, 5) is 21.8. The van der Waals surface area contributed by atoms with E-state index in [2.05, 4.69) is 53.6 Å². The lowest BCUT2D eigenvalue weighted by Gasteiger charge is -2.11. The molecule has 3 N–H and O–H groups in total. The second-order valence-corrected chi connectivity index (χ2v) is 10.1. The summed E-state index contributed by atoms with van der Waals surface area (Å²) >= 11 is 0. The first kappa shape index (κ1) is 22.7. The van der Waals surface area contributed by atoms with E-state index in [9.17, 15) is 0 Å². The first-order valence-corrected chi connectivity index (χ1v) is 13.2. The van der Waals surface area contributed by atoms with E-state index in [0.717, 1.165) is 74.8 Å². The predicted octanol–water partition coefficient (Wildman–Crippen LogP) is 5.91. The molecule has 0 atom stereocenters. The van der Waals surface area contributed by atoms with Crippen molar-refractivity contribution in [1.29, 1.82) is 0 Å². The molecule has 1 fully saturated rings. The van der Waals surface area contributed by atoms with Gasteiger partial charge in [0, 0.05) is 53.2 Å². The highest BCUT2D eigenvalue weighted by Gasteiger charge is 2.16. The average molecular weight is 501 g/mol. The number of pyridine rings is 4. The van der Waals surface area contributed by atoms with Crippen molar-refractivity contribution in [2.45, 2.75) is 32.2 Å². The Kier molecular flexibility index (Phi) is 5.86. The van der Waals surface area contributed by atoms with Gasteiger partial charge >= 0.3 is 0 Å². The molecule has 0 spiro atoms. The Morgan fingerprint density at radius 2 is 1.74 bits per heavy atom. The Labute approximate surface area is 220 Å². The molecule has 6 aromatic heterocycles. The van der Waals surface area contributed by atoms with Crippen LogP contribution in [-0.4, -0.2) is 41.7 Å². The van der Waals surface area contributed by atoms with Gasteiger partial charge in [-0.25, -0.2) is 0 Å². The van der Waals surface area contributed by atoms with Gasteiger partial charge in [0.1, 0.15) is 5.69 Å². The molecule has 0 amide bonds. The maximum atomic E-state index is 4.70. The molecule has 1 aliphatic carbocycles. The summed E-state index contributed by atoms with van der Waals surface area (Å²) in [5.74, 6) is 0.815. The molecule has 7 rings (SSSR count). The maximum absolute atomic E-state index is 4.70. The standard InChI is InChI=1S/C30H28N8/c1-2-6-19(5-1)14-31-15-20-11-21(17-32-16-20)26-12-23-28(18-35-26)37-38-30(23)27-13-22-24(36-27)8-10-34-29(22)25-7-3-4-9-33-25/h3-4,7-13,16-19,31,36H,1-2,5-6,14-15H2,(H,37,38). The molecule has 0 saturated heterocycles. The number of rotatable bonds is 7. The Bertz CT molecular complexity index is 1710. The van der Waals surface area contributed by atoms with Crippen LogP contribution >= 0.6 is 0 Å². The third-order valence-corrected chi connectivity index (χ3v) is 7.49. The summed E-state index contributed by atoms with van der Waals surface area (Å²) in [7, 11) is 0. The summed E-state index contributed by atoms with van der Waals surface area (Å²) in [5.41, 5.74) is 8.35. The van der Waals surface area contributed by atoms with E-state index >= 15 is 0 Å². The lowest BCUT2D eigenvalue weighted by Crippen LogP contribution is -2.20. The minimum atomic E-state index is 0.815. The summed E-state index contributed by atoms with van der Waals surface area (Å²) in [6.45, 7) is 1.90. The number of aromatic amines is 2. The number of hydrogen-bond acceptors (Lipinski definition) is 6. The van der Waals surface area contributed by atoms with Crippen molar-refractivity contribution >= 4 is 21.8 Å². The Balaban J connectivity index is 1.20. The molecular formula is C30H28N8. The third kappa shape index (κ3) is 4.33. The summed E-state index contributed by atoms with van der Waals surface area (Å²) in [5, 5.41) is 13.4. The van der Waals surface area contributed by atoms with Gasteiger partial charge in [0.15, 0.2) is 0 Å². The van der Waals surface area contributed by atoms with Crippen LogP contribution in [0.15, 0.2) is 73.4 Å². The fourth-order valence-corrected chi connectivity index (χ4v) is 5.53. The molecule has 1 saturated carbocycles. The summed E-state index contributed by atoms with van der Waals surface area (Å²) in [6, 6.07) is 14.2. The number of hydrogen-bond donors (Lipinski definition) is 3. The smallest absolute Gasteiger partial charge is 0.116 e. The van der Waals surface area contributed by atoms with Crippen molar-refractivity contribution in [3.8, 4) is 34.0 Å². The van der Waals surface area contributed by atoms with Crippen LogP contribution in [0.5, 0.6) is 0 Å². The van der Waals surface area contributed by atoms with Gasteiger partial charge < -0.3 is 10.3 Å². The average Bonchev–Trinajstić information content (AvgIpc) is 3.73. The molecule has 188 valence electrons. The molecule has 0 bridgehead atoms. The molecule has 0 radical (unpaired) electrons. The highest BCUT2D eigenvalue weighted by atomic mass is 15.1. The van der Waals surface area contributed by atoms with Gasteiger partial charge in [0.25, 0.3) is 0 Å². The van der Waals surface area contributed by atoms with Crippen LogP contribution in [0.1, 0.15) is 31.2 Å². The Morgan fingerprint density at radius 1 is 0.816 bits per heavy atom.